The molecule has 0 radical (unpaired) electrons. The van der Waals surface area contributed by atoms with Crippen LogP contribution < -0.4 is 20.7 Å². The van der Waals surface area contributed by atoms with Crippen LogP contribution in [-0.2, 0) is 0 Å². The van der Waals surface area contributed by atoms with Gasteiger partial charge in [-0.1, -0.05) is 152 Å². The lowest BCUT2D eigenvalue weighted by Crippen LogP contribution is -2.75. The smallest absolute Gasteiger partial charge is 0.180 e. The molecule has 3 nitrogen and oxygen atoms in total. The predicted molar refractivity (Wildman–Crippen MR) is 199 cm³/mol. The highest BCUT2D eigenvalue weighted by atomic mass is 28.3. The molecule has 0 N–H and O–H groups in total. The number of rotatable bonds is 6. The monoisotopic (exact) mass is 627 g/mol. The van der Waals surface area contributed by atoms with E-state index in [1.165, 1.54) is 20.7 Å². The van der Waals surface area contributed by atoms with Gasteiger partial charge in [0.15, 0.2) is 8.07 Å². The lowest BCUT2D eigenvalue weighted by molar-refractivity contribution is 1.16. The van der Waals surface area contributed by atoms with Gasteiger partial charge in [0.05, 0.1) is 33.9 Å². The normalized spacial score (nSPS) is 11.3. The van der Waals surface area contributed by atoms with E-state index < -0.39 is 8.07 Å². The summed E-state index contributed by atoms with van der Waals surface area (Å²) in [5, 5.41) is 28.6. The summed E-state index contributed by atoms with van der Waals surface area (Å²) in [4.78, 5) is 0. The van der Waals surface area contributed by atoms with Gasteiger partial charge in [-0.25, -0.2) is 0 Å². The fourth-order valence-electron chi connectivity index (χ4n) is 7.44. The van der Waals surface area contributed by atoms with Crippen LogP contribution >= 0.6 is 0 Å². The number of nitrogens with zero attached hydrogens (tertiary/aromatic N) is 3. The van der Waals surface area contributed by atoms with Gasteiger partial charge < -0.3 is 4.57 Å². The molecule has 0 bridgehead atoms. The summed E-state index contributed by atoms with van der Waals surface area (Å²) in [6.45, 7) is 0. The highest BCUT2D eigenvalue weighted by Gasteiger charge is 2.43. The number of fused-ring (bicyclic) bond motifs is 3. The van der Waals surface area contributed by atoms with Gasteiger partial charge in [0.2, 0.25) is 0 Å². The molecule has 0 saturated heterocycles. The molecule has 0 spiro atoms. The summed E-state index contributed by atoms with van der Waals surface area (Å²) >= 11 is 0. The van der Waals surface area contributed by atoms with E-state index in [2.05, 4.69) is 150 Å². The Labute approximate surface area is 280 Å². The first-order valence-corrected chi connectivity index (χ1v) is 18.0. The molecule has 0 unspecified atom stereocenters. The van der Waals surface area contributed by atoms with Crippen molar-refractivity contribution < 1.29 is 0 Å². The minimum atomic E-state index is -2.93. The van der Waals surface area contributed by atoms with E-state index in [0.717, 1.165) is 32.9 Å². The summed E-state index contributed by atoms with van der Waals surface area (Å²) in [5.41, 5.74) is 5.45. The molecule has 0 aliphatic heterocycles. The maximum absolute atomic E-state index is 10.8. The largest absolute Gasteiger partial charge is 0.308 e. The van der Waals surface area contributed by atoms with Crippen LogP contribution in [0.5, 0.6) is 0 Å². The summed E-state index contributed by atoms with van der Waals surface area (Å²) in [7, 11) is -2.93. The molecule has 224 valence electrons. The van der Waals surface area contributed by atoms with Crippen molar-refractivity contribution in [1.82, 2.24) is 4.57 Å². The quantitative estimate of drug-likeness (QED) is 0.141. The Bertz CT molecular complexity index is 2370. The second-order valence-electron chi connectivity index (χ2n) is 11.9. The molecular formula is C44H29N3Si. The van der Waals surface area contributed by atoms with Crippen LogP contribution in [0.15, 0.2) is 176 Å². The van der Waals surface area contributed by atoms with Crippen molar-refractivity contribution in [1.29, 1.82) is 10.5 Å². The Hall–Kier alpha value is -6.46. The maximum Gasteiger partial charge on any atom is 0.180 e. The van der Waals surface area contributed by atoms with Crippen LogP contribution in [0.4, 0.5) is 0 Å². The maximum atomic E-state index is 10.8. The predicted octanol–water partition coefficient (Wildman–Crippen LogP) is 7.57. The third-order valence-electron chi connectivity index (χ3n) is 9.44. The number of para-hydroxylation sites is 2. The Morgan fingerprint density at radius 2 is 0.854 bits per heavy atom. The van der Waals surface area contributed by atoms with Crippen molar-refractivity contribution in [3.05, 3.63) is 187 Å². The summed E-state index contributed by atoms with van der Waals surface area (Å²) in [6.07, 6.45) is 0. The zero-order chi connectivity index (χ0) is 32.5. The second-order valence-corrected chi connectivity index (χ2v) is 15.7. The zero-order valence-electron chi connectivity index (χ0n) is 26.1. The number of aromatic nitrogens is 1. The highest BCUT2D eigenvalue weighted by Crippen LogP contribution is 2.36. The van der Waals surface area contributed by atoms with E-state index in [4.69, 9.17) is 0 Å². The van der Waals surface area contributed by atoms with Gasteiger partial charge in [-0.15, -0.1) is 0 Å². The third kappa shape index (κ3) is 4.48. The van der Waals surface area contributed by atoms with Crippen molar-refractivity contribution in [3.63, 3.8) is 0 Å². The van der Waals surface area contributed by atoms with Crippen LogP contribution in [0.3, 0.4) is 0 Å². The molecule has 0 aliphatic rings. The molecular weight excluding hydrogens is 599 g/mol. The van der Waals surface area contributed by atoms with Crippen molar-refractivity contribution >= 4 is 50.6 Å². The first-order valence-electron chi connectivity index (χ1n) is 16.0. The zero-order valence-corrected chi connectivity index (χ0v) is 27.1. The average Bonchev–Trinajstić information content (AvgIpc) is 3.50. The highest BCUT2D eigenvalue weighted by molar-refractivity contribution is 7.20. The van der Waals surface area contributed by atoms with Crippen LogP contribution in [0.1, 0.15) is 11.1 Å². The molecule has 0 atom stereocenters. The molecule has 0 amide bonds. The standard InChI is InChI=1S/C44H29N3Si/c45-30-32-29-43(47-41-25-13-10-22-37(41)38-23-11-14-26-42(38)47)33(31-46)28-40(32)39-24-12-15-27-44(39)48(34-16-4-1-5-17-34,35-18-6-2-7-19-35)36-20-8-3-9-21-36/h1-29H. The molecule has 1 aromatic heterocycles. The summed E-state index contributed by atoms with van der Waals surface area (Å²) in [6, 6.07) is 66.1. The van der Waals surface area contributed by atoms with Gasteiger partial charge >= 0.3 is 0 Å². The number of benzene rings is 7. The van der Waals surface area contributed by atoms with E-state index in [0.29, 0.717) is 16.8 Å². The first-order chi connectivity index (χ1) is 23.8. The SMILES string of the molecule is N#Cc1cc(-n2c3ccccc3c3ccccc32)c(C#N)cc1-c1ccccc1[Si](c1ccccc1)(c1ccccc1)c1ccccc1. The van der Waals surface area contributed by atoms with Gasteiger partial charge in [0.25, 0.3) is 0 Å². The van der Waals surface area contributed by atoms with Crippen molar-refractivity contribution in [2.75, 3.05) is 0 Å². The number of nitriles is 2. The molecule has 8 rings (SSSR count). The van der Waals surface area contributed by atoms with Gasteiger partial charge in [-0.3, -0.25) is 0 Å². The molecule has 7 aromatic carbocycles. The lowest BCUT2D eigenvalue weighted by Gasteiger charge is -2.36. The molecule has 4 heteroatoms. The lowest BCUT2D eigenvalue weighted by atomic mass is 9.96. The molecule has 0 fully saturated rings. The topological polar surface area (TPSA) is 52.5 Å². The molecule has 0 saturated carbocycles. The van der Waals surface area contributed by atoms with Crippen LogP contribution in [0.2, 0.25) is 0 Å². The Balaban J connectivity index is 1.45. The van der Waals surface area contributed by atoms with Crippen molar-refractivity contribution in [2.24, 2.45) is 0 Å². The minimum absolute atomic E-state index is 0.511. The molecule has 0 aliphatic carbocycles. The van der Waals surface area contributed by atoms with Crippen LogP contribution in [0.25, 0.3) is 38.6 Å². The second kappa shape index (κ2) is 12.0. The third-order valence-corrected chi connectivity index (χ3v) is 14.3. The van der Waals surface area contributed by atoms with E-state index >= 15 is 0 Å². The Kier molecular flexibility index (Phi) is 7.27. The summed E-state index contributed by atoms with van der Waals surface area (Å²) < 4.78 is 2.12. The van der Waals surface area contributed by atoms with E-state index in [-0.39, 0.29) is 0 Å². The Morgan fingerprint density at radius 1 is 0.417 bits per heavy atom. The first kappa shape index (κ1) is 29.0. The fraction of sp³-hybridized carbons (Fsp3) is 0. The number of hydrogen-bond acceptors (Lipinski definition) is 2. The van der Waals surface area contributed by atoms with Gasteiger partial charge in [-0.2, -0.15) is 10.5 Å². The minimum Gasteiger partial charge on any atom is -0.308 e. The average molecular weight is 628 g/mol. The van der Waals surface area contributed by atoms with Gasteiger partial charge in [0.1, 0.15) is 6.07 Å². The van der Waals surface area contributed by atoms with E-state index in [1.54, 1.807) is 0 Å². The van der Waals surface area contributed by atoms with Crippen LogP contribution in [-0.4, -0.2) is 12.6 Å². The fourth-order valence-corrected chi connectivity index (χ4v) is 12.4. The Morgan fingerprint density at radius 3 is 1.35 bits per heavy atom. The van der Waals surface area contributed by atoms with Crippen LogP contribution in [0, 0.1) is 22.7 Å². The van der Waals surface area contributed by atoms with Crippen molar-refractivity contribution in [2.45, 2.75) is 0 Å². The van der Waals surface area contributed by atoms with E-state index in [1.807, 2.05) is 42.5 Å². The molecule has 1 heterocycles. The molecule has 48 heavy (non-hydrogen) atoms. The van der Waals surface area contributed by atoms with Crippen molar-refractivity contribution in [3.8, 4) is 29.0 Å². The number of hydrogen-bond donors (Lipinski definition) is 0. The summed E-state index contributed by atoms with van der Waals surface area (Å²) in [5.74, 6) is 0. The van der Waals surface area contributed by atoms with Gasteiger partial charge in [0, 0.05) is 16.3 Å². The van der Waals surface area contributed by atoms with E-state index in [9.17, 15) is 10.5 Å². The molecule has 8 aromatic rings. The van der Waals surface area contributed by atoms with Gasteiger partial charge in [-0.05, 0) is 50.6 Å².